The summed E-state index contributed by atoms with van der Waals surface area (Å²) in [6, 6.07) is 0.0847. The minimum Gasteiger partial charge on any atom is -0.324 e. The first kappa shape index (κ1) is 5.51. The van der Waals surface area contributed by atoms with Crippen molar-refractivity contribution in [2.75, 3.05) is 0 Å². The van der Waals surface area contributed by atoms with Gasteiger partial charge in [-0.1, -0.05) is 12.2 Å². The van der Waals surface area contributed by atoms with Crippen LogP contribution in [-0.4, -0.2) is 12.3 Å². The molecule has 0 fully saturated rings. The Balaban J connectivity index is 2.45. The normalized spacial score (nSPS) is 35.6. The minimum atomic E-state index is -0.0370. The van der Waals surface area contributed by atoms with E-state index in [1.54, 1.807) is 6.08 Å². The lowest BCUT2D eigenvalue weighted by Crippen LogP contribution is -2.14. The summed E-state index contributed by atoms with van der Waals surface area (Å²) in [4.78, 5) is 9.92. The average Bonchev–Trinajstić information content (AvgIpc) is 2.14. The second-order valence-corrected chi connectivity index (χ2v) is 2.01. The standard InChI is InChI=1S/C6H8NO/c7-6-2-1-5(3-6)4-8/h1-2,5-6H,3,7H2/t5-,6+/m1/s1. The van der Waals surface area contributed by atoms with E-state index in [0.717, 1.165) is 6.42 Å². The van der Waals surface area contributed by atoms with E-state index in [0.29, 0.717) is 0 Å². The Labute approximate surface area is 48.4 Å². The van der Waals surface area contributed by atoms with Crippen LogP contribution in [0.25, 0.3) is 0 Å². The number of hydrogen-bond acceptors (Lipinski definition) is 2. The van der Waals surface area contributed by atoms with Crippen molar-refractivity contribution in [2.24, 2.45) is 11.7 Å². The van der Waals surface area contributed by atoms with Gasteiger partial charge in [0.05, 0.1) is 0 Å². The molecule has 8 heavy (non-hydrogen) atoms. The maximum atomic E-state index is 9.92. The number of hydrogen-bond donors (Lipinski definition) is 1. The van der Waals surface area contributed by atoms with Crippen molar-refractivity contribution in [3.8, 4) is 0 Å². The Morgan fingerprint density at radius 1 is 1.62 bits per heavy atom. The molecule has 0 unspecified atom stereocenters. The zero-order chi connectivity index (χ0) is 5.98. The van der Waals surface area contributed by atoms with Crippen molar-refractivity contribution in [2.45, 2.75) is 12.5 Å². The predicted octanol–water partition coefficient (Wildman–Crippen LogP) is -0.000500. The van der Waals surface area contributed by atoms with Crippen LogP contribution in [0.3, 0.4) is 0 Å². The lowest BCUT2D eigenvalue weighted by atomic mass is 10.1. The number of rotatable bonds is 1. The molecule has 0 heterocycles. The molecule has 1 aliphatic carbocycles. The molecule has 1 radical (unpaired) electrons. The van der Waals surface area contributed by atoms with Crippen molar-refractivity contribution in [3.05, 3.63) is 12.2 Å². The molecular weight excluding hydrogens is 102 g/mol. The van der Waals surface area contributed by atoms with Gasteiger partial charge in [-0.25, -0.2) is 0 Å². The smallest absolute Gasteiger partial charge is 0.205 e. The summed E-state index contributed by atoms with van der Waals surface area (Å²) in [5.74, 6) is -0.0370. The summed E-state index contributed by atoms with van der Waals surface area (Å²) in [5.41, 5.74) is 5.44. The largest absolute Gasteiger partial charge is 0.324 e. The van der Waals surface area contributed by atoms with Crippen LogP contribution in [0.5, 0.6) is 0 Å². The molecule has 2 nitrogen and oxygen atoms in total. The molecule has 1 rings (SSSR count). The Morgan fingerprint density at radius 3 is 2.62 bits per heavy atom. The predicted molar refractivity (Wildman–Crippen MR) is 30.9 cm³/mol. The summed E-state index contributed by atoms with van der Waals surface area (Å²) >= 11 is 0. The lowest BCUT2D eigenvalue weighted by Gasteiger charge is -1.96. The highest BCUT2D eigenvalue weighted by Crippen LogP contribution is 2.12. The van der Waals surface area contributed by atoms with Crippen LogP contribution in [0.4, 0.5) is 0 Å². The topological polar surface area (TPSA) is 43.1 Å². The molecule has 0 amide bonds. The molecule has 0 aromatic carbocycles. The molecule has 43 valence electrons. The monoisotopic (exact) mass is 110 g/mol. The van der Waals surface area contributed by atoms with Crippen LogP contribution in [0.15, 0.2) is 12.2 Å². The van der Waals surface area contributed by atoms with Crippen LogP contribution in [0.1, 0.15) is 6.42 Å². The molecule has 0 aromatic rings. The quantitative estimate of drug-likeness (QED) is 0.483. The Hall–Kier alpha value is -0.630. The maximum absolute atomic E-state index is 9.92. The first-order valence-corrected chi connectivity index (χ1v) is 2.64. The van der Waals surface area contributed by atoms with E-state index >= 15 is 0 Å². The van der Waals surface area contributed by atoms with Gasteiger partial charge in [0.1, 0.15) is 0 Å². The molecule has 0 saturated carbocycles. The summed E-state index contributed by atoms with van der Waals surface area (Å²) in [6.07, 6.45) is 6.26. The van der Waals surface area contributed by atoms with Gasteiger partial charge in [0.15, 0.2) is 0 Å². The van der Waals surface area contributed by atoms with Gasteiger partial charge in [0.25, 0.3) is 0 Å². The van der Waals surface area contributed by atoms with E-state index in [-0.39, 0.29) is 12.0 Å². The van der Waals surface area contributed by atoms with Gasteiger partial charge in [-0.05, 0) is 6.42 Å². The fourth-order valence-corrected chi connectivity index (χ4v) is 0.815. The van der Waals surface area contributed by atoms with E-state index < -0.39 is 0 Å². The molecular formula is C6H8NO. The molecule has 0 aromatic heterocycles. The zero-order valence-corrected chi connectivity index (χ0v) is 4.50. The highest BCUT2D eigenvalue weighted by molar-refractivity contribution is 5.58. The Kier molecular flexibility index (Phi) is 1.44. The van der Waals surface area contributed by atoms with Crippen molar-refractivity contribution in [1.82, 2.24) is 0 Å². The van der Waals surface area contributed by atoms with Gasteiger partial charge in [-0.15, -0.1) is 0 Å². The van der Waals surface area contributed by atoms with E-state index in [2.05, 4.69) is 0 Å². The van der Waals surface area contributed by atoms with E-state index in [1.807, 2.05) is 12.4 Å². The average molecular weight is 110 g/mol. The second kappa shape index (κ2) is 2.09. The van der Waals surface area contributed by atoms with Gasteiger partial charge in [0.2, 0.25) is 6.29 Å². The Bertz CT molecular complexity index is 120. The third-order valence-corrected chi connectivity index (χ3v) is 1.27. The summed E-state index contributed by atoms with van der Waals surface area (Å²) in [7, 11) is 0. The van der Waals surface area contributed by atoms with Gasteiger partial charge < -0.3 is 5.73 Å². The highest BCUT2D eigenvalue weighted by atomic mass is 16.1. The summed E-state index contributed by atoms with van der Waals surface area (Å²) in [6.45, 7) is 0. The van der Waals surface area contributed by atoms with Crippen molar-refractivity contribution in [1.29, 1.82) is 0 Å². The SMILES string of the molecule is N[C@H]1C=C[C@@H]([C]=O)C1. The molecule has 0 spiro atoms. The maximum Gasteiger partial charge on any atom is 0.205 e. The van der Waals surface area contributed by atoms with Gasteiger partial charge in [0, 0.05) is 12.0 Å². The first-order chi connectivity index (χ1) is 3.83. The van der Waals surface area contributed by atoms with Crippen LogP contribution in [0.2, 0.25) is 0 Å². The van der Waals surface area contributed by atoms with Crippen LogP contribution in [-0.2, 0) is 4.79 Å². The molecule has 0 aliphatic heterocycles. The van der Waals surface area contributed by atoms with E-state index in [4.69, 9.17) is 5.73 Å². The molecule has 0 saturated heterocycles. The number of carbonyl (C=O) groups excluding carboxylic acids is 1. The zero-order valence-electron chi connectivity index (χ0n) is 4.50. The highest BCUT2D eigenvalue weighted by Gasteiger charge is 2.14. The number of nitrogens with two attached hydrogens (primary N) is 1. The molecule has 1 aliphatic rings. The van der Waals surface area contributed by atoms with Crippen molar-refractivity contribution < 1.29 is 4.79 Å². The summed E-state index contributed by atoms with van der Waals surface area (Å²) < 4.78 is 0. The number of allylic oxidation sites excluding steroid dienone is 1. The summed E-state index contributed by atoms with van der Waals surface area (Å²) in [5, 5.41) is 0. The van der Waals surface area contributed by atoms with Crippen LogP contribution < -0.4 is 5.73 Å². The minimum absolute atomic E-state index is 0.0370. The fraction of sp³-hybridized carbons (Fsp3) is 0.500. The van der Waals surface area contributed by atoms with Crippen LogP contribution >= 0.6 is 0 Å². The second-order valence-electron chi connectivity index (χ2n) is 2.01. The molecule has 2 N–H and O–H groups in total. The molecule has 2 atom stereocenters. The van der Waals surface area contributed by atoms with Crippen LogP contribution in [0, 0.1) is 5.92 Å². The van der Waals surface area contributed by atoms with Gasteiger partial charge in [-0.2, -0.15) is 0 Å². The van der Waals surface area contributed by atoms with Crippen molar-refractivity contribution >= 4 is 6.29 Å². The molecule has 0 bridgehead atoms. The van der Waals surface area contributed by atoms with E-state index in [1.165, 1.54) is 0 Å². The Morgan fingerprint density at radius 2 is 2.38 bits per heavy atom. The molecule has 2 heteroatoms. The first-order valence-electron chi connectivity index (χ1n) is 2.64. The van der Waals surface area contributed by atoms with Gasteiger partial charge in [-0.3, -0.25) is 4.79 Å². The lowest BCUT2D eigenvalue weighted by molar-refractivity contribution is 0.532. The van der Waals surface area contributed by atoms with Gasteiger partial charge >= 0.3 is 0 Å². The third kappa shape index (κ3) is 0.954. The third-order valence-electron chi connectivity index (χ3n) is 1.27. The van der Waals surface area contributed by atoms with E-state index in [9.17, 15) is 4.79 Å². The fourth-order valence-electron chi connectivity index (χ4n) is 0.815. The van der Waals surface area contributed by atoms with Crippen molar-refractivity contribution in [3.63, 3.8) is 0 Å².